The number of carbonyl (C=O) groups is 1. The molecule has 1 radical (unpaired) electrons. The van der Waals surface area contributed by atoms with Gasteiger partial charge in [-0.2, -0.15) is 0 Å². The number of hydrogen-bond donors (Lipinski definition) is 0. The van der Waals surface area contributed by atoms with E-state index >= 15 is 0 Å². The molecule has 0 aromatic rings. The van der Waals surface area contributed by atoms with Crippen molar-refractivity contribution in [2.24, 2.45) is 0 Å². The molecule has 2 atom stereocenters. The molecule has 11 heavy (non-hydrogen) atoms. The molecule has 3 heteroatoms. The van der Waals surface area contributed by atoms with Crippen LogP contribution in [0.1, 0.15) is 33.6 Å². The molecule has 2 nitrogen and oxygen atoms in total. The fourth-order valence-corrected chi connectivity index (χ4v) is 1.94. The molecular weight excluding hydrogens is 207 g/mol. The van der Waals surface area contributed by atoms with Crippen LogP contribution in [0.25, 0.3) is 0 Å². The second-order valence-electron chi connectivity index (χ2n) is 3.47. The standard InChI is InChI=1S/C8H13O2Se/c1-4-7(2)8(3,11)5-6(9)10-7/h4-5H2,1-3H3. The van der Waals surface area contributed by atoms with E-state index in [1.54, 1.807) is 0 Å². The normalized spacial score (nSPS) is 44.2. The molecule has 0 aliphatic carbocycles. The molecule has 2 unspecified atom stereocenters. The van der Waals surface area contributed by atoms with Crippen molar-refractivity contribution >= 4 is 22.0 Å². The van der Waals surface area contributed by atoms with Gasteiger partial charge in [-0.15, -0.1) is 0 Å². The van der Waals surface area contributed by atoms with Gasteiger partial charge in [-0.25, -0.2) is 0 Å². The Kier molecular flexibility index (Phi) is 2.06. The van der Waals surface area contributed by atoms with Crippen LogP contribution in [0.15, 0.2) is 0 Å². The minimum absolute atomic E-state index is 0.0874. The van der Waals surface area contributed by atoms with E-state index in [9.17, 15) is 4.79 Å². The summed E-state index contributed by atoms with van der Waals surface area (Å²) in [6, 6.07) is 0. The quantitative estimate of drug-likeness (QED) is 0.494. The number of esters is 1. The maximum atomic E-state index is 11.0. The summed E-state index contributed by atoms with van der Waals surface area (Å²) >= 11 is 3.04. The Morgan fingerprint density at radius 2 is 2.18 bits per heavy atom. The van der Waals surface area contributed by atoms with Crippen LogP contribution in [0.5, 0.6) is 0 Å². The van der Waals surface area contributed by atoms with Crippen LogP contribution < -0.4 is 0 Å². The Balaban J connectivity index is 2.89. The molecule has 0 amide bonds. The molecule has 1 heterocycles. The van der Waals surface area contributed by atoms with Gasteiger partial charge in [-0.3, -0.25) is 0 Å². The van der Waals surface area contributed by atoms with Gasteiger partial charge < -0.3 is 0 Å². The second-order valence-corrected chi connectivity index (χ2v) is 5.36. The number of cyclic esters (lactones) is 1. The summed E-state index contributed by atoms with van der Waals surface area (Å²) in [7, 11) is 0. The van der Waals surface area contributed by atoms with Crippen molar-refractivity contribution in [2.45, 2.75) is 43.5 Å². The Bertz CT molecular complexity index is 189. The van der Waals surface area contributed by atoms with Gasteiger partial charge in [0.05, 0.1) is 0 Å². The van der Waals surface area contributed by atoms with Crippen LogP contribution in [-0.4, -0.2) is 27.6 Å². The molecule has 1 saturated heterocycles. The van der Waals surface area contributed by atoms with E-state index in [0.717, 1.165) is 6.42 Å². The summed E-state index contributed by atoms with van der Waals surface area (Å²) in [5.41, 5.74) is -0.302. The van der Waals surface area contributed by atoms with Crippen molar-refractivity contribution < 1.29 is 9.53 Å². The van der Waals surface area contributed by atoms with E-state index in [0.29, 0.717) is 6.42 Å². The third-order valence-electron chi connectivity index (χ3n) is 2.61. The van der Waals surface area contributed by atoms with E-state index in [1.165, 1.54) is 0 Å². The van der Waals surface area contributed by atoms with Crippen molar-refractivity contribution in [1.29, 1.82) is 0 Å². The molecule has 0 N–H and O–H groups in total. The summed E-state index contributed by atoms with van der Waals surface area (Å²) in [5, 5.41) is 0. The van der Waals surface area contributed by atoms with Crippen LogP contribution in [-0.2, 0) is 9.53 Å². The molecule has 0 saturated carbocycles. The Morgan fingerprint density at radius 3 is 2.36 bits per heavy atom. The van der Waals surface area contributed by atoms with Gasteiger partial charge in [0.2, 0.25) is 0 Å². The van der Waals surface area contributed by atoms with Crippen LogP contribution >= 0.6 is 0 Å². The SMILES string of the molecule is CCC1(C)OC(=O)CC1(C)[Se]. The van der Waals surface area contributed by atoms with E-state index in [4.69, 9.17) is 4.74 Å². The summed E-state index contributed by atoms with van der Waals surface area (Å²) in [5.74, 6) is -0.0874. The van der Waals surface area contributed by atoms with Crippen molar-refractivity contribution in [2.75, 3.05) is 0 Å². The first kappa shape index (κ1) is 9.08. The molecule has 0 aromatic heterocycles. The first-order valence-electron chi connectivity index (χ1n) is 3.83. The first-order valence-corrected chi connectivity index (χ1v) is 4.69. The molecule has 0 bridgehead atoms. The number of ether oxygens (including phenoxy) is 1. The predicted molar refractivity (Wildman–Crippen MR) is 43.5 cm³/mol. The molecule has 1 fully saturated rings. The van der Waals surface area contributed by atoms with E-state index in [2.05, 4.69) is 16.0 Å². The van der Waals surface area contributed by atoms with Gasteiger partial charge in [0.1, 0.15) is 0 Å². The van der Waals surface area contributed by atoms with Gasteiger partial charge in [0.25, 0.3) is 0 Å². The van der Waals surface area contributed by atoms with Crippen LogP contribution in [0, 0.1) is 0 Å². The first-order chi connectivity index (χ1) is 4.91. The van der Waals surface area contributed by atoms with Gasteiger partial charge in [-0.1, -0.05) is 0 Å². The van der Waals surface area contributed by atoms with Crippen molar-refractivity contribution in [3.05, 3.63) is 0 Å². The zero-order valence-electron chi connectivity index (χ0n) is 7.14. The van der Waals surface area contributed by atoms with E-state index in [1.807, 2.05) is 20.8 Å². The molecular formula is C8H13O2Se. The maximum absolute atomic E-state index is 11.0. The van der Waals surface area contributed by atoms with Gasteiger partial charge in [-0.05, 0) is 0 Å². The predicted octanol–water partition coefficient (Wildman–Crippen LogP) is 1.45. The Labute approximate surface area is 75.5 Å². The summed E-state index contributed by atoms with van der Waals surface area (Å²) < 4.78 is 5.12. The fourth-order valence-electron chi connectivity index (χ4n) is 1.30. The van der Waals surface area contributed by atoms with Crippen LogP contribution in [0.2, 0.25) is 4.31 Å². The zero-order chi connectivity index (χ0) is 8.70. The molecule has 1 aliphatic heterocycles. The van der Waals surface area contributed by atoms with Crippen molar-refractivity contribution in [3.63, 3.8) is 0 Å². The Hall–Kier alpha value is -0.0105. The summed E-state index contributed by atoms with van der Waals surface area (Å²) in [6.45, 7) is 6.05. The number of hydrogen-bond acceptors (Lipinski definition) is 2. The topological polar surface area (TPSA) is 26.3 Å². The Morgan fingerprint density at radius 1 is 1.64 bits per heavy atom. The summed E-state index contributed by atoms with van der Waals surface area (Å²) in [6.07, 6.45) is 1.36. The van der Waals surface area contributed by atoms with E-state index in [-0.39, 0.29) is 15.9 Å². The molecule has 0 spiro atoms. The van der Waals surface area contributed by atoms with Gasteiger partial charge in [0, 0.05) is 0 Å². The third kappa shape index (κ3) is 1.32. The average molecular weight is 220 g/mol. The van der Waals surface area contributed by atoms with Crippen LogP contribution in [0.3, 0.4) is 0 Å². The van der Waals surface area contributed by atoms with Crippen molar-refractivity contribution in [1.82, 2.24) is 0 Å². The number of rotatable bonds is 1. The molecule has 63 valence electrons. The third-order valence-corrected chi connectivity index (χ3v) is 3.82. The number of carbonyl (C=O) groups excluding carboxylic acids is 1. The summed E-state index contributed by atoms with van der Waals surface area (Å²) in [4.78, 5) is 11.0. The molecule has 0 aromatic carbocycles. The van der Waals surface area contributed by atoms with Crippen molar-refractivity contribution in [3.8, 4) is 0 Å². The van der Waals surface area contributed by atoms with Gasteiger partial charge in [0.15, 0.2) is 0 Å². The van der Waals surface area contributed by atoms with Gasteiger partial charge >= 0.3 is 75.0 Å². The zero-order valence-corrected chi connectivity index (χ0v) is 8.85. The second kappa shape index (κ2) is 2.49. The van der Waals surface area contributed by atoms with Crippen LogP contribution in [0.4, 0.5) is 0 Å². The molecule has 1 rings (SSSR count). The molecule has 1 aliphatic rings. The average Bonchev–Trinajstić information content (AvgIpc) is 2.03. The monoisotopic (exact) mass is 221 g/mol. The minimum atomic E-state index is -0.302. The van der Waals surface area contributed by atoms with E-state index < -0.39 is 0 Å². The fraction of sp³-hybridized carbons (Fsp3) is 0.875.